The number of anilines is 2. The molecule has 1 aliphatic heterocycles. The van der Waals surface area contributed by atoms with Crippen LogP contribution in [0.15, 0.2) is 54.7 Å². The fourth-order valence-corrected chi connectivity index (χ4v) is 4.27. The molecule has 1 saturated carbocycles. The highest BCUT2D eigenvalue weighted by molar-refractivity contribution is 6.31. The highest BCUT2D eigenvalue weighted by Gasteiger charge is 2.34. The molecule has 0 radical (unpaired) electrons. The quantitative estimate of drug-likeness (QED) is 0.395. The zero-order valence-electron chi connectivity index (χ0n) is 19.4. The highest BCUT2D eigenvalue weighted by Crippen LogP contribution is 2.36. The molecule has 2 aliphatic rings. The van der Waals surface area contributed by atoms with Crippen molar-refractivity contribution in [2.24, 2.45) is 5.92 Å². The third-order valence-electron chi connectivity index (χ3n) is 6.17. The lowest BCUT2D eigenvalue weighted by Crippen LogP contribution is -2.38. The molecule has 192 valence electrons. The van der Waals surface area contributed by atoms with Crippen LogP contribution < -0.4 is 15.4 Å². The van der Waals surface area contributed by atoms with Gasteiger partial charge in [0.2, 0.25) is 5.91 Å². The smallest absolute Gasteiger partial charge is 0.417 e. The average Bonchev–Trinajstić information content (AvgIpc) is 3.70. The summed E-state index contributed by atoms with van der Waals surface area (Å²) in [5.74, 6) is 1.45. The number of benzene rings is 2. The predicted octanol–water partition coefficient (Wildman–Crippen LogP) is 6.48. The second kappa shape index (κ2) is 9.93. The van der Waals surface area contributed by atoms with Crippen LogP contribution in [0.25, 0.3) is 0 Å². The lowest BCUT2D eigenvalue weighted by molar-refractivity contribution is -0.137. The van der Waals surface area contributed by atoms with E-state index in [0.717, 1.165) is 36.1 Å². The highest BCUT2D eigenvalue weighted by atomic mass is 35.5. The first-order valence-electron chi connectivity index (χ1n) is 11.6. The molecular formula is C26H22ClF3N4O3. The Hall–Kier alpha value is -3.79. The van der Waals surface area contributed by atoms with Crippen molar-refractivity contribution in [2.75, 3.05) is 17.2 Å². The SMILES string of the molecule is O=C(Nc1cc(Oc2ccc3c(c2)CN(C(=O)Nc2ccc(Cl)c(C(F)(F)F)c2)CC3)ccn1)C1CC1. The third-order valence-corrected chi connectivity index (χ3v) is 6.50. The molecule has 2 N–H and O–H groups in total. The van der Waals surface area contributed by atoms with E-state index in [1.807, 2.05) is 18.2 Å². The van der Waals surface area contributed by atoms with Crippen LogP contribution in [0, 0.1) is 5.92 Å². The number of hydrogen-bond donors (Lipinski definition) is 2. The Morgan fingerprint density at radius 3 is 2.54 bits per heavy atom. The number of nitrogens with zero attached hydrogens (tertiary/aromatic N) is 2. The average molecular weight is 531 g/mol. The molecule has 1 fully saturated rings. The number of carbonyl (C=O) groups is 2. The van der Waals surface area contributed by atoms with Crippen molar-refractivity contribution in [1.82, 2.24) is 9.88 Å². The van der Waals surface area contributed by atoms with E-state index in [0.29, 0.717) is 30.3 Å². The standard InChI is InChI=1S/C26H22ClF3N4O3/c27-22-6-4-18(12-21(22)26(28,29)30)32-25(36)34-10-8-15-3-5-19(11-17(15)14-34)37-20-7-9-31-23(13-20)33-24(35)16-1-2-16/h3-7,9,11-13,16H,1-2,8,10,14H2,(H,32,36)(H,31,33,35). The van der Waals surface area contributed by atoms with Crippen LogP contribution in [0.1, 0.15) is 29.5 Å². The number of fused-ring (bicyclic) bond motifs is 1. The van der Waals surface area contributed by atoms with Gasteiger partial charge in [0.1, 0.15) is 17.3 Å². The van der Waals surface area contributed by atoms with Crippen LogP contribution in [0.3, 0.4) is 0 Å². The zero-order valence-corrected chi connectivity index (χ0v) is 20.2. The van der Waals surface area contributed by atoms with Crippen LogP contribution in [0.5, 0.6) is 11.5 Å². The van der Waals surface area contributed by atoms with E-state index >= 15 is 0 Å². The summed E-state index contributed by atoms with van der Waals surface area (Å²) in [5, 5.41) is 4.87. The van der Waals surface area contributed by atoms with Crippen LogP contribution in [-0.4, -0.2) is 28.4 Å². The molecule has 0 atom stereocenters. The first-order chi connectivity index (χ1) is 17.7. The van der Waals surface area contributed by atoms with Gasteiger partial charge in [0.25, 0.3) is 0 Å². The maximum Gasteiger partial charge on any atom is 0.417 e. The van der Waals surface area contributed by atoms with Crippen LogP contribution in [0.2, 0.25) is 5.02 Å². The first-order valence-corrected chi connectivity index (χ1v) is 12.0. The van der Waals surface area contributed by atoms with Crippen LogP contribution in [0.4, 0.5) is 29.5 Å². The molecule has 0 saturated heterocycles. The minimum absolute atomic E-state index is 0.00636. The molecule has 1 aliphatic carbocycles. The topological polar surface area (TPSA) is 83.6 Å². The van der Waals surface area contributed by atoms with Gasteiger partial charge in [0.05, 0.1) is 10.6 Å². The van der Waals surface area contributed by atoms with Crippen LogP contribution >= 0.6 is 11.6 Å². The van der Waals surface area contributed by atoms with Gasteiger partial charge in [-0.3, -0.25) is 4.79 Å². The van der Waals surface area contributed by atoms with Crippen molar-refractivity contribution in [3.8, 4) is 11.5 Å². The number of ether oxygens (including phenoxy) is 1. The summed E-state index contributed by atoms with van der Waals surface area (Å²) in [4.78, 5) is 30.5. The number of hydrogen-bond acceptors (Lipinski definition) is 4. The van der Waals surface area contributed by atoms with Crippen molar-refractivity contribution >= 4 is 35.0 Å². The number of alkyl halides is 3. The summed E-state index contributed by atoms with van der Waals surface area (Å²) in [5.41, 5.74) is 0.910. The Balaban J connectivity index is 1.25. The number of rotatable bonds is 5. The van der Waals surface area contributed by atoms with Gasteiger partial charge in [-0.05, 0) is 66.8 Å². The Morgan fingerprint density at radius 2 is 1.78 bits per heavy atom. The Kier molecular flexibility index (Phi) is 6.68. The van der Waals surface area contributed by atoms with Gasteiger partial charge >= 0.3 is 12.2 Å². The van der Waals surface area contributed by atoms with Gasteiger partial charge in [0, 0.05) is 37.0 Å². The van der Waals surface area contributed by atoms with E-state index in [9.17, 15) is 22.8 Å². The summed E-state index contributed by atoms with van der Waals surface area (Å²) in [7, 11) is 0. The number of pyridine rings is 1. The van der Waals surface area contributed by atoms with E-state index in [1.165, 1.54) is 11.0 Å². The molecule has 0 spiro atoms. The Bertz CT molecular complexity index is 1360. The lowest BCUT2D eigenvalue weighted by Gasteiger charge is -2.29. The van der Waals surface area contributed by atoms with E-state index in [1.54, 1.807) is 18.3 Å². The van der Waals surface area contributed by atoms with Gasteiger partial charge in [0.15, 0.2) is 0 Å². The van der Waals surface area contributed by atoms with Crippen molar-refractivity contribution in [3.63, 3.8) is 0 Å². The van der Waals surface area contributed by atoms with Gasteiger partial charge in [-0.2, -0.15) is 13.2 Å². The fourth-order valence-electron chi connectivity index (χ4n) is 4.05. The Morgan fingerprint density at radius 1 is 1.00 bits per heavy atom. The Labute approximate surface area is 215 Å². The minimum Gasteiger partial charge on any atom is -0.457 e. The number of urea groups is 1. The van der Waals surface area contributed by atoms with Gasteiger partial charge in [-0.1, -0.05) is 17.7 Å². The summed E-state index contributed by atoms with van der Waals surface area (Å²) in [6.07, 6.45) is -0.717. The van der Waals surface area contributed by atoms with E-state index in [4.69, 9.17) is 16.3 Å². The minimum atomic E-state index is -4.63. The number of amides is 3. The molecule has 5 rings (SSSR count). The van der Waals surface area contributed by atoms with Crippen molar-refractivity contribution in [2.45, 2.75) is 32.0 Å². The largest absolute Gasteiger partial charge is 0.457 e. The van der Waals surface area contributed by atoms with Gasteiger partial charge in [-0.15, -0.1) is 0 Å². The number of aromatic nitrogens is 1. The van der Waals surface area contributed by atoms with Gasteiger partial charge in [-0.25, -0.2) is 9.78 Å². The molecule has 7 nitrogen and oxygen atoms in total. The fraction of sp³-hybridized carbons (Fsp3) is 0.269. The molecule has 3 aromatic rings. The third kappa shape index (κ3) is 5.96. The maximum atomic E-state index is 13.2. The van der Waals surface area contributed by atoms with Crippen molar-refractivity contribution in [1.29, 1.82) is 0 Å². The summed E-state index contributed by atoms with van der Waals surface area (Å²) in [6, 6.07) is 11.6. The predicted molar refractivity (Wildman–Crippen MR) is 132 cm³/mol. The van der Waals surface area contributed by atoms with E-state index in [-0.39, 0.29) is 24.1 Å². The second-order valence-electron chi connectivity index (χ2n) is 8.97. The molecule has 0 unspecified atom stereocenters. The number of halogens is 4. The second-order valence-corrected chi connectivity index (χ2v) is 9.37. The lowest BCUT2D eigenvalue weighted by atomic mass is 10.00. The van der Waals surface area contributed by atoms with Crippen molar-refractivity contribution < 1.29 is 27.5 Å². The number of carbonyl (C=O) groups excluding carboxylic acids is 2. The normalized spacial score (nSPS) is 15.1. The first kappa shape index (κ1) is 24.9. The van der Waals surface area contributed by atoms with Crippen LogP contribution in [-0.2, 0) is 23.9 Å². The molecular weight excluding hydrogens is 509 g/mol. The molecule has 0 bridgehead atoms. The maximum absolute atomic E-state index is 13.2. The van der Waals surface area contributed by atoms with E-state index in [2.05, 4.69) is 15.6 Å². The number of nitrogens with one attached hydrogen (secondary N) is 2. The molecule has 11 heteroatoms. The summed E-state index contributed by atoms with van der Waals surface area (Å²) >= 11 is 5.66. The molecule has 2 heterocycles. The van der Waals surface area contributed by atoms with Crippen molar-refractivity contribution in [3.05, 3.63) is 76.4 Å². The summed E-state index contributed by atoms with van der Waals surface area (Å²) in [6.45, 7) is 0.671. The van der Waals surface area contributed by atoms with Gasteiger partial charge < -0.3 is 20.3 Å². The monoisotopic (exact) mass is 530 g/mol. The molecule has 37 heavy (non-hydrogen) atoms. The van der Waals surface area contributed by atoms with E-state index < -0.39 is 22.8 Å². The molecule has 2 aromatic carbocycles. The molecule has 3 amide bonds. The summed E-state index contributed by atoms with van der Waals surface area (Å²) < 4.78 is 45.4. The zero-order chi connectivity index (χ0) is 26.2. The molecule has 1 aromatic heterocycles.